The number of amides is 2. The lowest BCUT2D eigenvalue weighted by Crippen LogP contribution is -2.52. The van der Waals surface area contributed by atoms with E-state index >= 15 is 0 Å². The SMILES string of the molecule is CCOC(=O)C1=C(CN2CCN(c3ccccc3F)CC2)NC(=O)NC1c1ccccc1Cl. The van der Waals surface area contributed by atoms with Crippen molar-refractivity contribution in [2.45, 2.75) is 13.0 Å². The van der Waals surface area contributed by atoms with E-state index in [1.165, 1.54) is 6.07 Å². The monoisotopic (exact) mass is 472 g/mol. The first-order chi connectivity index (χ1) is 16.0. The number of esters is 1. The summed E-state index contributed by atoms with van der Waals surface area (Å²) >= 11 is 6.39. The molecule has 33 heavy (non-hydrogen) atoms. The highest BCUT2D eigenvalue weighted by Crippen LogP contribution is 2.32. The summed E-state index contributed by atoms with van der Waals surface area (Å²) in [6.45, 7) is 4.85. The summed E-state index contributed by atoms with van der Waals surface area (Å²) < 4.78 is 19.5. The molecule has 2 aromatic rings. The fourth-order valence-electron chi connectivity index (χ4n) is 4.21. The molecule has 2 aliphatic rings. The Balaban J connectivity index is 1.57. The predicted molar refractivity (Wildman–Crippen MR) is 125 cm³/mol. The van der Waals surface area contributed by atoms with Gasteiger partial charge in [-0.05, 0) is 30.7 Å². The summed E-state index contributed by atoms with van der Waals surface area (Å²) in [7, 11) is 0. The number of benzene rings is 2. The van der Waals surface area contributed by atoms with Crippen molar-refractivity contribution in [2.75, 3.05) is 44.2 Å². The Morgan fingerprint density at radius 3 is 2.52 bits per heavy atom. The van der Waals surface area contributed by atoms with Gasteiger partial charge in [0.2, 0.25) is 0 Å². The highest BCUT2D eigenvalue weighted by molar-refractivity contribution is 6.31. The topological polar surface area (TPSA) is 73.9 Å². The van der Waals surface area contributed by atoms with Crippen molar-refractivity contribution in [3.8, 4) is 0 Å². The average Bonchev–Trinajstić information content (AvgIpc) is 2.80. The third kappa shape index (κ3) is 5.12. The predicted octanol–water partition coefficient (Wildman–Crippen LogP) is 3.47. The minimum atomic E-state index is -0.721. The molecule has 2 aromatic carbocycles. The molecule has 0 radical (unpaired) electrons. The number of ether oxygens (including phenoxy) is 1. The van der Waals surface area contributed by atoms with Gasteiger partial charge in [-0.3, -0.25) is 4.90 Å². The second-order valence-electron chi connectivity index (χ2n) is 7.88. The number of anilines is 1. The summed E-state index contributed by atoms with van der Waals surface area (Å²) in [5.41, 5.74) is 2.03. The van der Waals surface area contributed by atoms with Crippen LogP contribution in [0.15, 0.2) is 59.8 Å². The summed E-state index contributed by atoms with van der Waals surface area (Å²) in [4.78, 5) is 29.6. The second-order valence-corrected chi connectivity index (χ2v) is 8.29. The Morgan fingerprint density at radius 1 is 1.12 bits per heavy atom. The highest BCUT2D eigenvalue weighted by atomic mass is 35.5. The number of nitrogens with one attached hydrogen (secondary N) is 2. The van der Waals surface area contributed by atoms with Crippen molar-refractivity contribution in [3.63, 3.8) is 0 Å². The zero-order chi connectivity index (χ0) is 23.4. The molecule has 1 fully saturated rings. The van der Waals surface area contributed by atoms with Gasteiger partial charge >= 0.3 is 12.0 Å². The Hall–Kier alpha value is -3.10. The molecule has 0 aromatic heterocycles. The normalized spacial score (nSPS) is 19.2. The van der Waals surface area contributed by atoms with Crippen LogP contribution in [-0.2, 0) is 9.53 Å². The minimum Gasteiger partial charge on any atom is -0.463 e. The van der Waals surface area contributed by atoms with Gasteiger partial charge in [-0.15, -0.1) is 0 Å². The van der Waals surface area contributed by atoms with Crippen molar-refractivity contribution in [2.24, 2.45) is 0 Å². The smallest absolute Gasteiger partial charge is 0.338 e. The zero-order valence-corrected chi connectivity index (χ0v) is 19.1. The molecule has 2 N–H and O–H groups in total. The van der Waals surface area contributed by atoms with Crippen LogP contribution in [0, 0.1) is 5.82 Å². The standard InChI is InChI=1S/C24H26ClFN4O3/c1-2-33-23(31)21-19(27-24(32)28-22(21)16-7-3-4-8-17(16)25)15-29-11-13-30(14-12-29)20-10-6-5-9-18(20)26/h3-10,22H,2,11-15H2,1H3,(H2,27,28,32). The highest BCUT2D eigenvalue weighted by Gasteiger charge is 2.35. The van der Waals surface area contributed by atoms with E-state index in [-0.39, 0.29) is 12.4 Å². The van der Waals surface area contributed by atoms with E-state index in [1.54, 1.807) is 43.3 Å². The third-order valence-electron chi connectivity index (χ3n) is 5.81. The quantitative estimate of drug-likeness (QED) is 0.630. The summed E-state index contributed by atoms with van der Waals surface area (Å²) in [6.07, 6.45) is 0. The van der Waals surface area contributed by atoms with Crippen LogP contribution in [0.25, 0.3) is 0 Å². The van der Waals surface area contributed by atoms with Crippen LogP contribution in [0.5, 0.6) is 0 Å². The van der Waals surface area contributed by atoms with E-state index in [1.807, 2.05) is 11.0 Å². The van der Waals surface area contributed by atoms with E-state index in [9.17, 15) is 14.0 Å². The Kier molecular flexibility index (Phi) is 7.15. The van der Waals surface area contributed by atoms with Crippen LogP contribution in [0.1, 0.15) is 18.5 Å². The van der Waals surface area contributed by atoms with Gasteiger partial charge in [-0.1, -0.05) is 41.9 Å². The molecule has 0 bridgehead atoms. The summed E-state index contributed by atoms with van der Waals surface area (Å²) in [5.74, 6) is -0.749. The molecule has 174 valence electrons. The number of halogens is 2. The van der Waals surface area contributed by atoms with Gasteiger partial charge in [-0.25, -0.2) is 14.0 Å². The van der Waals surface area contributed by atoms with Crippen molar-refractivity contribution >= 4 is 29.3 Å². The molecule has 1 atom stereocenters. The molecule has 1 saturated heterocycles. The van der Waals surface area contributed by atoms with E-state index in [0.717, 1.165) is 0 Å². The fourth-order valence-corrected chi connectivity index (χ4v) is 4.46. The number of hydrogen-bond donors (Lipinski definition) is 2. The first-order valence-corrected chi connectivity index (χ1v) is 11.3. The van der Waals surface area contributed by atoms with Gasteiger partial charge < -0.3 is 20.3 Å². The van der Waals surface area contributed by atoms with Gasteiger partial charge in [0.15, 0.2) is 0 Å². The molecule has 0 aliphatic carbocycles. The molecule has 7 nitrogen and oxygen atoms in total. The number of piperazine rings is 1. The minimum absolute atomic E-state index is 0.208. The van der Waals surface area contributed by atoms with Gasteiger partial charge in [0.05, 0.1) is 23.9 Å². The van der Waals surface area contributed by atoms with Crippen molar-refractivity contribution in [1.29, 1.82) is 0 Å². The van der Waals surface area contributed by atoms with Crippen LogP contribution < -0.4 is 15.5 Å². The maximum atomic E-state index is 14.2. The maximum absolute atomic E-state index is 14.2. The molecule has 9 heteroatoms. The second kappa shape index (κ2) is 10.2. The molecule has 1 unspecified atom stereocenters. The average molecular weight is 473 g/mol. The number of carbonyl (C=O) groups excluding carboxylic acids is 2. The summed E-state index contributed by atoms with van der Waals surface area (Å²) in [5, 5.41) is 6.05. The van der Waals surface area contributed by atoms with Gasteiger partial charge in [0, 0.05) is 43.4 Å². The van der Waals surface area contributed by atoms with Crippen LogP contribution in [0.3, 0.4) is 0 Å². The lowest BCUT2D eigenvalue weighted by molar-refractivity contribution is -0.139. The van der Waals surface area contributed by atoms with Crippen molar-refractivity contribution < 1.29 is 18.7 Å². The number of nitrogens with zero attached hydrogens (tertiary/aromatic N) is 2. The first kappa shape index (κ1) is 23.1. The van der Waals surface area contributed by atoms with E-state index in [4.69, 9.17) is 16.3 Å². The van der Waals surface area contributed by atoms with Crippen LogP contribution in [0.2, 0.25) is 5.02 Å². The molecule has 2 heterocycles. The van der Waals surface area contributed by atoms with Crippen LogP contribution in [0.4, 0.5) is 14.9 Å². The van der Waals surface area contributed by atoms with Crippen molar-refractivity contribution in [1.82, 2.24) is 15.5 Å². The van der Waals surface area contributed by atoms with E-state index in [0.29, 0.717) is 60.3 Å². The lowest BCUT2D eigenvalue weighted by atomic mass is 9.94. The third-order valence-corrected chi connectivity index (χ3v) is 6.16. The van der Waals surface area contributed by atoms with Gasteiger partial charge in [-0.2, -0.15) is 0 Å². The van der Waals surface area contributed by atoms with Gasteiger partial charge in [0.1, 0.15) is 5.82 Å². The molecule has 0 spiro atoms. The van der Waals surface area contributed by atoms with Crippen LogP contribution >= 0.6 is 11.6 Å². The number of urea groups is 1. The molecule has 0 saturated carbocycles. The largest absolute Gasteiger partial charge is 0.463 e. The van der Waals surface area contributed by atoms with Gasteiger partial charge in [0.25, 0.3) is 0 Å². The number of hydrogen-bond acceptors (Lipinski definition) is 5. The van der Waals surface area contributed by atoms with E-state index in [2.05, 4.69) is 15.5 Å². The molecule has 2 amide bonds. The first-order valence-electron chi connectivity index (χ1n) is 10.9. The molecular weight excluding hydrogens is 447 g/mol. The van der Waals surface area contributed by atoms with Crippen LogP contribution in [-0.4, -0.2) is 56.2 Å². The molecule has 4 rings (SSSR count). The molecule has 2 aliphatic heterocycles. The number of carbonyl (C=O) groups is 2. The number of rotatable bonds is 6. The number of para-hydroxylation sites is 1. The fraction of sp³-hybridized carbons (Fsp3) is 0.333. The lowest BCUT2D eigenvalue weighted by Gasteiger charge is -2.38. The molecular formula is C24H26ClFN4O3. The Bertz CT molecular complexity index is 1070. The Labute approximate surface area is 197 Å². The zero-order valence-electron chi connectivity index (χ0n) is 18.3. The van der Waals surface area contributed by atoms with E-state index < -0.39 is 18.0 Å². The maximum Gasteiger partial charge on any atom is 0.338 e. The summed E-state index contributed by atoms with van der Waals surface area (Å²) in [6, 6.07) is 12.7. The van der Waals surface area contributed by atoms with Crippen molar-refractivity contribution in [3.05, 3.63) is 76.2 Å². The Morgan fingerprint density at radius 2 is 1.82 bits per heavy atom.